The predicted octanol–water partition coefficient (Wildman–Crippen LogP) is 2.66. The van der Waals surface area contributed by atoms with Crippen LogP contribution in [0.15, 0.2) is 18.2 Å². The number of aryl methyl sites for hydroxylation is 1. The Labute approximate surface area is 115 Å². The summed E-state index contributed by atoms with van der Waals surface area (Å²) in [5.74, 6) is -0.871. The molecule has 0 aliphatic rings. The van der Waals surface area contributed by atoms with Gasteiger partial charge in [-0.15, -0.1) is 0 Å². The first-order valence-electron chi connectivity index (χ1n) is 5.71. The lowest BCUT2D eigenvalue weighted by molar-refractivity contribution is 0.0891. The van der Waals surface area contributed by atoms with Gasteiger partial charge in [-0.2, -0.15) is 0 Å². The smallest absolute Gasteiger partial charge is 0.254 e. The normalized spacial score (nSPS) is 12.2. The van der Waals surface area contributed by atoms with Gasteiger partial charge in [-0.25, -0.2) is 4.39 Å². The molecule has 0 saturated carbocycles. The molecule has 1 unspecified atom stereocenters. The Hall–Kier alpha value is -0.940. The van der Waals surface area contributed by atoms with Gasteiger partial charge in [0, 0.05) is 12.4 Å². The zero-order valence-corrected chi connectivity index (χ0v) is 12.1. The van der Waals surface area contributed by atoms with Crippen LogP contribution in [-0.2, 0) is 4.74 Å². The summed E-state index contributed by atoms with van der Waals surface area (Å²) in [6, 6.07) is 4.66. The lowest BCUT2D eigenvalue weighted by Crippen LogP contribution is -2.38. The largest absolute Gasteiger partial charge is 0.383 e. The van der Waals surface area contributed by atoms with E-state index in [1.54, 1.807) is 26.2 Å². The van der Waals surface area contributed by atoms with Crippen LogP contribution in [0.4, 0.5) is 4.39 Å². The maximum absolute atomic E-state index is 13.8. The van der Waals surface area contributed by atoms with Gasteiger partial charge < -0.3 is 10.1 Å². The van der Waals surface area contributed by atoms with Crippen LogP contribution >= 0.6 is 15.9 Å². The molecule has 1 amide bonds. The number of hydrogen-bond donors (Lipinski definition) is 1. The Morgan fingerprint density at radius 2 is 2.28 bits per heavy atom. The second-order valence-electron chi connectivity index (χ2n) is 4.04. The quantitative estimate of drug-likeness (QED) is 0.819. The molecule has 1 atom stereocenters. The molecule has 0 radical (unpaired) electrons. The number of hydrogen-bond acceptors (Lipinski definition) is 2. The van der Waals surface area contributed by atoms with Crippen molar-refractivity contribution in [3.8, 4) is 0 Å². The van der Waals surface area contributed by atoms with E-state index >= 15 is 0 Å². The van der Waals surface area contributed by atoms with Gasteiger partial charge in [0.25, 0.3) is 5.91 Å². The van der Waals surface area contributed by atoms with E-state index in [0.717, 1.165) is 11.8 Å². The van der Waals surface area contributed by atoms with Crippen LogP contribution in [-0.4, -0.2) is 31.0 Å². The monoisotopic (exact) mass is 317 g/mol. The molecule has 0 aliphatic carbocycles. The highest BCUT2D eigenvalue weighted by atomic mass is 79.9. The van der Waals surface area contributed by atoms with Gasteiger partial charge in [-0.3, -0.25) is 4.79 Å². The molecular weight excluding hydrogens is 301 g/mol. The molecule has 0 heterocycles. The molecule has 1 aromatic rings. The van der Waals surface area contributed by atoms with Crippen LogP contribution in [0.3, 0.4) is 0 Å². The molecular formula is C13H17BrFNO2. The topological polar surface area (TPSA) is 38.3 Å². The molecule has 0 fully saturated rings. The number of rotatable bonds is 6. The Morgan fingerprint density at radius 3 is 2.89 bits per heavy atom. The van der Waals surface area contributed by atoms with Crippen LogP contribution in [0, 0.1) is 12.7 Å². The summed E-state index contributed by atoms with van der Waals surface area (Å²) in [5.41, 5.74) is 0.539. The van der Waals surface area contributed by atoms with E-state index in [1.165, 1.54) is 6.07 Å². The summed E-state index contributed by atoms with van der Waals surface area (Å²) in [7, 11) is 1.57. The average Bonchev–Trinajstić information content (AvgIpc) is 2.33. The van der Waals surface area contributed by atoms with Gasteiger partial charge in [-0.05, 0) is 25.0 Å². The molecule has 0 bridgehead atoms. The first-order valence-corrected chi connectivity index (χ1v) is 6.83. The van der Waals surface area contributed by atoms with Crippen molar-refractivity contribution in [3.63, 3.8) is 0 Å². The zero-order chi connectivity index (χ0) is 13.5. The maximum Gasteiger partial charge on any atom is 0.254 e. The minimum atomic E-state index is -0.468. The highest BCUT2D eigenvalue weighted by molar-refractivity contribution is 9.09. The van der Waals surface area contributed by atoms with Crippen molar-refractivity contribution in [3.05, 3.63) is 35.1 Å². The Balaban J connectivity index is 2.77. The Kier molecular flexibility index (Phi) is 6.29. The van der Waals surface area contributed by atoms with Crippen molar-refractivity contribution in [1.29, 1.82) is 0 Å². The SMILES string of the molecule is COCC(CCBr)NC(=O)c1cccc(C)c1F. The van der Waals surface area contributed by atoms with E-state index in [-0.39, 0.29) is 11.6 Å². The molecule has 18 heavy (non-hydrogen) atoms. The fourth-order valence-electron chi connectivity index (χ4n) is 1.62. The van der Waals surface area contributed by atoms with Gasteiger partial charge in [-0.1, -0.05) is 28.1 Å². The van der Waals surface area contributed by atoms with E-state index in [4.69, 9.17) is 4.74 Å². The van der Waals surface area contributed by atoms with Crippen molar-refractivity contribution in [2.75, 3.05) is 19.0 Å². The van der Waals surface area contributed by atoms with E-state index in [1.807, 2.05) is 0 Å². The maximum atomic E-state index is 13.8. The summed E-state index contributed by atoms with van der Waals surface area (Å²) in [6.45, 7) is 2.04. The molecule has 0 aliphatic heterocycles. The molecule has 0 spiro atoms. The van der Waals surface area contributed by atoms with Crippen molar-refractivity contribution in [1.82, 2.24) is 5.32 Å². The van der Waals surface area contributed by atoms with Crippen LogP contribution in [0.5, 0.6) is 0 Å². The van der Waals surface area contributed by atoms with Gasteiger partial charge >= 0.3 is 0 Å². The summed E-state index contributed by atoms with van der Waals surface area (Å²) in [6.07, 6.45) is 0.729. The van der Waals surface area contributed by atoms with E-state index in [0.29, 0.717) is 12.2 Å². The van der Waals surface area contributed by atoms with Crippen LogP contribution in [0.1, 0.15) is 22.3 Å². The van der Waals surface area contributed by atoms with Crippen LogP contribution < -0.4 is 5.32 Å². The standard InChI is InChI=1S/C13H17BrFNO2/c1-9-4-3-5-11(12(9)15)13(17)16-10(6-7-14)8-18-2/h3-5,10H,6-8H2,1-2H3,(H,16,17). The lowest BCUT2D eigenvalue weighted by atomic mass is 10.1. The summed E-state index contributed by atoms with van der Waals surface area (Å²) < 4.78 is 18.8. The van der Waals surface area contributed by atoms with Crippen molar-refractivity contribution in [2.24, 2.45) is 0 Å². The molecule has 5 heteroatoms. The molecule has 1 rings (SSSR count). The molecule has 0 aromatic heterocycles. The fraction of sp³-hybridized carbons (Fsp3) is 0.462. The van der Waals surface area contributed by atoms with E-state index < -0.39 is 11.7 Å². The number of amides is 1. The Morgan fingerprint density at radius 1 is 1.56 bits per heavy atom. The Bertz CT molecular complexity index is 406. The van der Waals surface area contributed by atoms with Gasteiger partial charge in [0.1, 0.15) is 5.82 Å². The highest BCUT2D eigenvalue weighted by Gasteiger charge is 2.17. The summed E-state index contributed by atoms with van der Waals surface area (Å²) in [5, 5.41) is 3.52. The number of carbonyl (C=O) groups excluding carboxylic acids is 1. The minimum absolute atomic E-state index is 0.0747. The number of ether oxygens (including phenoxy) is 1. The predicted molar refractivity (Wildman–Crippen MR) is 72.7 cm³/mol. The average molecular weight is 318 g/mol. The van der Waals surface area contributed by atoms with Crippen molar-refractivity contribution >= 4 is 21.8 Å². The molecule has 1 aromatic carbocycles. The number of alkyl halides is 1. The first kappa shape index (κ1) is 15.1. The van der Waals surface area contributed by atoms with E-state index in [2.05, 4.69) is 21.2 Å². The lowest BCUT2D eigenvalue weighted by Gasteiger charge is -2.17. The minimum Gasteiger partial charge on any atom is -0.383 e. The fourth-order valence-corrected chi connectivity index (χ4v) is 2.17. The third kappa shape index (κ3) is 4.07. The van der Waals surface area contributed by atoms with Crippen LogP contribution in [0.2, 0.25) is 0 Å². The third-order valence-corrected chi connectivity index (χ3v) is 3.05. The van der Waals surface area contributed by atoms with E-state index in [9.17, 15) is 9.18 Å². The first-order chi connectivity index (χ1) is 8.60. The molecule has 1 N–H and O–H groups in total. The second-order valence-corrected chi connectivity index (χ2v) is 4.83. The molecule has 3 nitrogen and oxygen atoms in total. The summed E-state index contributed by atoms with van der Waals surface area (Å²) in [4.78, 5) is 12.0. The van der Waals surface area contributed by atoms with Gasteiger partial charge in [0.2, 0.25) is 0 Å². The number of methoxy groups -OCH3 is 1. The number of halogens is 2. The summed E-state index contributed by atoms with van der Waals surface area (Å²) >= 11 is 3.31. The zero-order valence-electron chi connectivity index (χ0n) is 10.5. The highest BCUT2D eigenvalue weighted by Crippen LogP contribution is 2.12. The van der Waals surface area contributed by atoms with Crippen molar-refractivity contribution in [2.45, 2.75) is 19.4 Å². The number of nitrogens with one attached hydrogen (secondary N) is 1. The molecule has 0 saturated heterocycles. The van der Waals surface area contributed by atoms with Crippen LogP contribution in [0.25, 0.3) is 0 Å². The number of benzene rings is 1. The number of carbonyl (C=O) groups is 1. The van der Waals surface area contributed by atoms with Gasteiger partial charge in [0.05, 0.1) is 18.2 Å². The third-order valence-electron chi connectivity index (χ3n) is 2.60. The van der Waals surface area contributed by atoms with Crippen molar-refractivity contribution < 1.29 is 13.9 Å². The second kappa shape index (κ2) is 7.48. The van der Waals surface area contributed by atoms with Gasteiger partial charge in [0.15, 0.2) is 0 Å². The molecule has 100 valence electrons.